The van der Waals surface area contributed by atoms with Crippen LogP contribution in [0.3, 0.4) is 0 Å². The molecule has 0 heterocycles. The Labute approximate surface area is 66.8 Å². The summed E-state index contributed by atoms with van der Waals surface area (Å²) in [6.45, 7) is 2.33. The van der Waals surface area contributed by atoms with E-state index in [4.69, 9.17) is 10.8 Å². The molecule has 0 aliphatic rings. The second kappa shape index (κ2) is 6.12. The Morgan fingerprint density at radius 2 is 2.36 bits per heavy atom. The largest absolute Gasteiger partial charge is 0.396 e. The van der Waals surface area contributed by atoms with Crippen molar-refractivity contribution in [3.63, 3.8) is 0 Å². The number of amides is 1. The fraction of sp³-hybridized carbons (Fsp3) is 0.857. The van der Waals surface area contributed by atoms with Crippen LogP contribution in [0.4, 0.5) is 0 Å². The molecule has 0 saturated heterocycles. The first-order valence-corrected chi connectivity index (χ1v) is 3.81. The third kappa shape index (κ3) is 5.82. The van der Waals surface area contributed by atoms with Gasteiger partial charge in [0.1, 0.15) is 0 Å². The maximum absolute atomic E-state index is 10.9. The van der Waals surface area contributed by atoms with E-state index in [2.05, 4.69) is 5.32 Å². The van der Waals surface area contributed by atoms with Gasteiger partial charge in [-0.3, -0.25) is 4.79 Å². The van der Waals surface area contributed by atoms with Gasteiger partial charge in [0.2, 0.25) is 5.91 Å². The Bertz CT molecular complexity index is 117. The van der Waals surface area contributed by atoms with Crippen molar-refractivity contribution >= 4 is 5.91 Å². The average Bonchev–Trinajstić information content (AvgIpc) is 1.87. The van der Waals surface area contributed by atoms with E-state index in [1.165, 1.54) is 0 Å². The highest BCUT2D eigenvalue weighted by Gasteiger charge is 2.04. The van der Waals surface area contributed by atoms with Crippen molar-refractivity contribution in [2.75, 3.05) is 13.2 Å². The van der Waals surface area contributed by atoms with Gasteiger partial charge < -0.3 is 16.2 Å². The molecule has 0 saturated carbocycles. The summed E-state index contributed by atoms with van der Waals surface area (Å²) < 4.78 is 0. The summed E-state index contributed by atoms with van der Waals surface area (Å²) in [6.07, 6.45) is 0.950. The van der Waals surface area contributed by atoms with Gasteiger partial charge in [-0.2, -0.15) is 0 Å². The number of rotatable bonds is 5. The molecule has 4 N–H and O–H groups in total. The van der Waals surface area contributed by atoms with E-state index in [-0.39, 0.29) is 18.6 Å². The van der Waals surface area contributed by atoms with Crippen LogP contribution in [0.25, 0.3) is 0 Å². The molecular weight excluding hydrogens is 144 g/mol. The molecule has 0 aliphatic carbocycles. The lowest BCUT2D eigenvalue weighted by Gasteiger charge is -2.11. The Hall–Kier alpha value is -0.610. The lowest BCUT2D eigenvalue weighted by Crippen LogP contribution is -2.34. The van der Waals surface area contributed by atoms with E-state index in [1.807, 2.05) is 6.92 Å². The molecule has 0 bridgehead atoms. The second-order valence-electron chi connectivity index (χ2n) is 2.52. The predicted molar refractivity (Wildman–Crippen MR) is 43.0 cm³/mol. The Kier molecular flexibility index (Phi) is 5.78. The Morgan fingerprint density at radius 3 is 2.82 bits per heavy atom. The molecule has 1 atom stereocenters. The van der Waals surface area contributed by atoms with Gasteiger partial charge in [-0.15, -0.1) is 0 Å². The fourth-order valence-corrected chi connectivity index (χ4v) is 0.744. The minimum Gasteiger partial charge on any atom is -0.396 e. The summed E-state index contributed by atoms with van der Waals surface area (Å²) in [6, 6.07) is 0.0408. The molecule has 66 valence electrons. The molecule has 0 aromatic heterocycles. The van der Waals surface area contributed by atoms with E-state index in [0.29, 0.717) is 19.4 Å². The number of carbonyl (C=O) groups is 1. The summed E-state index contributed by atoms with van der Waals surface area (Å²) in [7, 11) is 0. The number of aliphatic hydroxyl groups excluding tert-OH is 1. The SMILES string of the molecule is CC(CCO)NC(=O)CCN. The molecule has 0 rings (SSSR count). The molecule has 0 fully saturated rings. The lowest BCUT2D eigenvalue weighted by molar-refractivity contribution is -0.121. The predicted octanol–water partition coefficient (Wildman–Crippen LogP) is -0.778. The van der Waals surface area contributed by atoms with Crippen molar-refractivity contribution in [2.45, 2.75) is 25.8 Å². The standard InChI is InChI=1S/C7H16N2O2/c1-6(3-5-10)9-7(11)2-4-8/h6,10H,2-5,8H2,1H3,(H,9,11). The maximum atomic E-state index is 10.9. The van der Waals surface area contributed by atoms with Gasteiger partial charge >= 0.3 is 0 Å². The molecule has 0 aliphatic heterocycles. The van der Waals surface area contributed by atoms with Crippen molar-refractivity contribution in [3.8, 4) is 0 Å². The number of hydrogen-bond acceptors (Lipinski definition) is 3. The van der Waals surface area contributed by atoms with Crippen LogP contribution in [0, 0.1) is 0 Å². The first-order chi connectivity index (χ1) is 5.20. The second-order valence-corrected chi connectivity index (χ2v) is 2.52. The van der Waals surface area contributed by atoms with Crippen molar-refractivity contribution in [2.24, 2.45) is 5.73 Å². The fourth-order valence-electron chi connectivity index (χ4n) is 0.744. The van der Waals surface area contributed by atoms with Crippen molar-refractivity contribution in [1.82, 2.24) is 5.32 Å². The maximum Gasteiger partial charge on any atom is 0.221 e. The van der Waals surface area contributed by atoms with E-state index in [1.54, 1.807) is 0 Å². The summed E-state index contributed by atoms with van der Waals surface area (Å²) in [5.41, 5.74) is 5.17. The number of carbonyl (C=O) groups excluding carboxylic acids is 1. The normalized spacial score (nSPS) is 12.6. The summed E-state index contributed by atoms with van der Waals surface area (Å²) >= 11 is 0. The Balaban J connectivity index is 3.40. The first-order valence-electron chi connectivity index (χ1n) is 3.81. The van der Waals surface area contributed by atoms with Crippen LogP contribution >= 0.6 is 0 Å². The molecule has 0 aromatic carbocycles. The summed E-state index contributed by atoms with van der Waals surface area (Å²) in [5, 5.41) is 11.2. The van der Waals surface area contributed by atoms with Crippen molar-refractivity contribution < 1.29 is 9.90 Å². The highest BCUT2D eigenvalue weighted by atomic mass is 16.3. The third-order valence-electron chi connectivity index (χ3n) is 1.34. The van der Waals surface area contributed by atoms with Crippen LogP contribution < -0.4 is 11.1 Å². The van der Waals surface area contributed by atoms with E-state index < -0.39 is 0 Å². The number of nitrogens with two attached hydrogens (primary N) is 1. The van der Waals surface area contributed by atoms with Gasteiger partial charge in [-0.25, -0.2) is 0 Å². The van der Waals surface area contributed by atoms with Crippen LogP contribution in [0.1, 0.15) is 19.8 Å². The number of nitrogens with one attached hydrogen (secondary N) is 1. The van der Waals surface area contributed by atoms with E-state index in [0.717, 1.165) is 0 Å². The van der Waals surface area contributed by atoms with Crippen LogP contribution in [-0.2, 0) is 4.79 Å². The van der Waals surface area contributed by atoms with Gasteiger partial charge in [0, 0.05) is 25.6 Å². The van der Waals surface area contributed by atoms with Gasteiger partial charge in [-0.1, -0.05) is 0 Å². The van der Waals surface area contributed by atoms with Gasteiger partial charge in [-0.05, 0) is 13.3 Å². The molecule has 4 nitrogen and oxygen atoms in total. The van der Waals surface area contributed by atoms with Crippen molar-refractivity contribution in [3.05, 3.63) is 0 Å². The zero-order valence-electron chi connectivity index (χ0n) is 6.84. The molecule has 0 radical (unpaired) electrons. The highest BCUT2D eigenvalue weighted by molar-refractivity contribution is 5.76. The monoisotopic (exact) mass is 160 g/mol. The minimum atomic E-state index is -0.0477. The lowest BCUT2D eigenvalue weighted by atomic mass is 10.2. The van der Waals surface area contributed by atoms with Crippen molar-refractivity contribution in [1.29, 1.82) is 0 Å². The van der Waals surface area contributed by atoms with E-state index >= 15 is 0 Å². The van der Waals surface area contributed by atoms with Gasteiger partial charge in [0.25, 0.3) is 0 Å². The topological polar surface area (TPSA) is 75.3 Å². The minimum absolute atomic E-state index is 0.0408. The number of hydrogen-bond donors (Lipinski definition) is 3. The highest BCUT2D eigenvalue weighted by Crippen LogP contribution is 1.88. The molecule has 1 amide bonds. The first kappa shape index (κ1) is 10.4. The van der Waals surface area contributed by atoms with Crippen LogP contribution in [0.2, 0.25) is 0 Å². The quantitative estimate of drug-likeness (QED) is 0.494. The van der Waals surface area contributed by atoms with Crippen LogP contribution in [0.15, 0.2) is 0 Å². The molecule has 11 heavy (non-hydrogen) atoms. The molecule has 4 heteroatoms. The van der Waals surface area contributed by atoms with Crippen LogP contribution in [0.5, 0.6) is 0 Å². The Morgan fingerprint density at radius 1 is 1.73 bits per heavy atom. The van der Waals surface area contributed by atoms with Gasteiger partial charge in [0.05, 0.1) is 0 Å². The molecule has 0 spiro atoms. The van der Waals surface area contributed by atoms with Gasteiger partial charge in [0.15, 0.2) is 0 Å². The van der Waals surface area contributed by atoms with Crippen LogP contribution in [-0.4, -0.2) is 30.2 Å². The summed E-state index contributed by atoms with van der Waals surface area (Å²) in [5.74, 6) is -0.0477. The zero-order valence-corrected chi connectivity index (χ0v) is 6.84. The van der Waals surface area contributed by atoms with E-state index in [9.17, 15) is 4.79 Å². The molecule has 0 aromatic rings. The zero-order chi connectivity index (χ0) is 8.69. The summed E-state index contributed by atoms with van der Waals surface area (Å²) in [4.78, 5) is 10.9. The molecule has 1 unspecified atom stereocenters. The number of aliphatic hydroxyl groups is 1. The molecular formula is C7H16N2O2. The smallest absolute Gasteiger partial charge is 0.221 e. The average molecular weight is 160 g/mol. The third-order valence-corrected chi connectivity index (χ3v) is 1.34.